The third-order valence-electron chi connectivity index (χ3n) is 9.66. The second-order valence-corrected chi connectivity index (χ2v) is 13.5. The fraction of sp³-hybridized carbons (Fsp3) is 0.317. The average Bonchev–Trinajstić information content (AvgIpc) is 3.65. The number of aromatic nitrogens is 2. The number of morpholine rings is 1. The molecule has 2 atom stereocenters. The van der Waals surface area contributed by atoms with Crippen molar-refractivity contribution in [2.45, 2.75) is 59.2 Å². The Labute approximate surface area is 323 Å². The molecule has 15 heteroatoms. The number of aliphatic hydroxyl groups is 1. The van der Waals surface area contributed by atoms with Gasteiger partial charge in [-0.2, -0.15) is 5.26 Å². The lowest BCUT2D eigenvalue weighted by molar-refractivity contribution is -0.386. The van der Waals surface area contributed by atoms with E-state index in [-0.39, 0.29) is 42.5 Å². The van der Waals surface area contributed by atoms with E-state index >= 15 is 0 Å². The molecule has 1 unspecified atom stereocenters. The SMILES string of the molecule is Cc1c(COc2cc(OCc3cccc(C#N)c3)c(CN[C@H](C(=O)O)C(C)O)cc2[N+](=O)[O-])cccc1-c1cccc(-c2nnc(CN3CCOCC3)o2)c1C. The quantitative estimate of drug-likeness (QED) is 0.0813. The maximum absolute atomic E-state index is 12.4. The van der Waals surface area contributed by atoms with Gasteiger partial charge in [0.2, 0.25) is 17.5 Å². The van der Waals surface area contributed by atoms with Gasteiger partial charge in [-0.05, 0) is 72.4 Å². The molecule has 290 valence electrons. The van der Waals surface area contributed by atoms with Crippen molar-refractivity contribution in [3.8, 4) is 40.1 Å². The van der Waals surface area contributed by atoms with Crippen molar-refractivity contribution >= 4 is 11.7 Å². The van der Waals surface area contributed by atoms with Crippen LogP contribution in [0.5, 0.6) is 11.5 Å². The number of nitro groups is 1. The van der Waals surface area contributed by atoms with Crippen LogP contribution < -0.4 is 14.8 Å². The molecule has 5 aromatic rings. The number of nitrogens with one attached hydrogen (secondary N) is 1. The van der Waals surface area contributed by atoms with Crippen LogP contribution in [0.2, 0.25) is 0 Å². The summed E-state index contributed by atoms with van der Waals surface area (Å²) in [5.74, 6) is -0.186. The molecule has 0 saturated carbocycles. The molecule has 0 amide bonds. The maximum atomic E-state index is 12.4. The summed E-state index contributed by atoms with van der Waals surface area (Å²) in [5, 5.41) is 52.7. The van der Waals surface area contributed by atoms with Crippen LogP contribution in [0.1, 0.15) is 46.2 Å². The summed E-state index contributed by atoms with van der Waals surface area (Å²) in [6.45, 7) is 8.60. The van der Waals surface area contributed by atoms with Crippen LogP contribution >= 0.6 is 0 Å². The van der Waals surface area contributed by atoms with E-state index in [2.05, 4.69) is 26.5 Å². The minimum absolute atomic E-state index is 0.0108. The number of benzene rings is 4. The number of rotatable bonds is 16. The van der Waals surface area contributed by atoms with E-state index < -0.39 is 23.0 Å². The van der Waals surface area contributed by atoms with Gasteiger partial charge < -0.3 is 28.8 Å². The molecule has 1 aliphatic rings. The highest BCUT2D eigenvalue weighted by molar-refractivity contribution is 5.77. The number of ether oxygens (including phenoxy) is 3. The first kappa shape index (κ1) is 39.5. The highest BCUT2D eigenvalue weighted by atomic mass is 16.6. The van der Waals surface area contributed by atoms with E-state index in [1.807, 2.05) is 50.2 Å². The topological polar surface area (TPSA) is 206 Å². The zero-order valence-electron chi connectivity index (χ0n) is 31.2. The van der Waals surface area contributed by atoms with Crippen molar-refractivity contribution in [2.24, 2.45) is 0 Å². The largest absolute Gasteiger partial charge is 0.488 e. The van der Waals surface area contributed by atoms with Crippen molar-refractivity contribution in [1.29, 1.82) is 5.26 Å². The summed E-state index contributed by atoms with van der Waals surface area (Å²) in [5.41, 5.74) is 6.36. The maximum Gasteiger partial charge on any atom is 0.323 e. The van der Waals surface area contributed by atoms with Crippen LogP contribution in [0.3, 0.4) is 0 Å². The summed E-state index contributed by atoms with van der Waals surface area (Å²) < 4.78 is 23.8. The van der Waals surface area contributed by atoms with E-state index in [4.69, 9.17) is 18.6 Å². The first-order chi connectivity index (χ1) is 27.0. The van der Waals surface area contributed by atoms with Crippen LogP contribution in [-0.4, -0.2) is 74.7 Å². The van der Waals surface area contributed by atoms with Gasteiger partial charge in [0.05, 0.1) is 42.4 Å². The Hall–Kier alpha value is -6.18. The molecule has 4 aromatic carbocycles. The van der Waals surface area contributed by atoms with E-state index in [9.17, 15) is 30.4 Å². The highest BCUT2D eigenvalue weighted by Gasteiger charge is 2.26. The average molecular weight is 763 g/mol. The molecule has 56 heavy (non-hydrogen) atoms. The Kier molecular flexibility index (Phi) is 12.7. The lowest BCUT2D eigenvalue weighted by Gasteiger charge is -2.24. The summed E-state index contributed by atoms with van der Waals surface area (Å²) in [6.07, 6.45) is -1.24. The van der Waals surface area contributed by atoms with Crippen molar-refractivity contribution in [3.05, 3.63) is 122 Å². The number of carboxylic acid groups (broad SMARTS) is 1. The van der Waals surface area contributed by atoms with Crippen LogP contribution in [0.25, 0.3) is 22.6 Å². The second-order valence-electron chi connectivity index (χ2n) is 13.5. The normalized spacial score (nSPS) is 14.1. The van der Waals surface area contributed by atoms with Gasteiger partial charge in [0.25, 0.3) is 0 Å². The predicted octanol–water partition coefficient (Wildman–Crippen LogP) is 5.71. The van der Waals surface area contributed by atoms with E-state index in [1.165, 1.54) is 19.1 Å². The molecule has 0 aliphatic carbocycles. The summed E-state index contributed by atoms with van der Waals surface area (Å²) in [7, 11) is 0. The number of nitro benzene ring substituents is 1. The highest BCUT2D eigenvalue weighted by Crippen LogP contribution is 2.38. The number of hydrogen-bond donors (Lipinski definition) is 3. The van der Waals surface area contributed by atoms with Gasteiger partial charge >= 0.3 is 11.7 Å². The van der Waals surface area contributed by atoms with E-state index in [0.717, 1.165) is 46.5 Å². The molecule has 1 saturated heterocycles. The molecule has 0 spiro atoms. The summed E-state index contributed by atoms with van der Waals surface area (Å²) in [4.78, 5) is 25.8. The third-order valence-corrected chi connectivity index (χ3v) is 9.66. The lowest BCUT2D eigenvalue weighted by atomic mass is 9.91. The summed E-state index contributed by atoms with van der Waals surface area (Å²) in [6, 6.07) is 21.9. The lowest BCUT2D eigenvalue weighted by Crippen LogP contribution is -2.44. The van der Waals surface area contributed by atoms with E-state index in [1.54, 1.807) is 24.3 Å². The molecule has 1 aromatic heterocycles. The van der Waals surface area contributed by atoms with Crippen LogP contribution in [0, 0.1) is 35.3 Å². The Morgan fingerprint density at radius 2 is 1.66 bits per heavy atom. The van der Waals surface area contributed by atoms with Gasteiger partial charge in [0.15, 0.2) is 0 Å². The number of aliphatic hydroxyl groups excluding tert-OH is 1. The van der Waals surface area contributed by atoms with Crippen molar-refractivity contribution in [1.82, 2.24) is 20.4 Å². The minimum Gasteiger partial charge on any atom is -0.488 e. The smallest absolute Gasteiger partial charge is 0.323 e. The number of nitriles is 1. The van der Waals surface area contributed by atoms with Crippen LogP contribution in [0.4, 0.5) is 5.69 Å². The third kappa shape index (κ3) is 9.36. The molecule has 0 radical (unpaired) electrons. The molecule has 6 rings (SSSR count). The first-order valence-corrected chi connectivity index (χ1v) is 18.0. The van der Waals surface area contributed by atoms with Crippen molar-refractivity contribution in [3.63, 3.8) is 0 Å². The van der Waals surface area contributed by atoms with Crippen molar-refractivity contribution < 1.29 is 38.6 Å². The zero-order valence-corrected chi connectivity index (χ0v) is 31.2. The zero-order chi connectivity index (χ0) is 39.8. The summed E-state index contributed by atoms with van der Waals surface area (Å²) >= 11 is 0. The van der Waals surface area contributed by atoms with Gasteiger partial charge in [-0.1, -0.05) is 42.5 Å². The van der Waals surface area contributed by atoms with E-state index in [0.29, 0.717) is 42.7 Å². The molecule has 2 heterocycles. The van der Waals surface area contributed by atoms with Gasteiger partial charge in [-0.3, -0.25) is 25.1 Å². The van der Waals surface area contributed by atoms with Gasteiger partial charge in [0, 0.05) is 42.9 Å². The number of carbonyl (C=O) groups is 1. The predicted molar refractivity (Wildman–Crippen MR) is 204 cm³/mol. The molecule has 3 N–H and O–H groups in total. The fourth-order valence-electron chi connectivity index (χ4n) is 6.52. The second kappa shape index (κ2) is 18.0. The number of hydrogen-bond acceptors (Lipinski definition) is 13. The number of nitrogens with zero attached hydrogens (tertiary/aromatic N) is 5. The van der Waals surface area contributed by atoms with Gasteiger partial charge in [-0.25, -0.2) is 0 Å². The standard InChI is InChI=1S/C41H42N6O9/c1-25-30(9-5-10-32(25)33-11-6-12-34(26(33)2)40-45-44-38(56-40)22-46-13-15-53-16-14-46)24-55-37-19-36(54-23-29-8-4-7-28(17-29)20-42)31(18-35(37)47(51)52)21-43-39(27(3)48)41(49)50/h4-12,17-19,27,39,43,48H,13-16,21-24H2,1-3H3,(H,49,50)/t27?,39-/m0/s1. The molecular weight excluding hydrogens is 720 g/mol. The van der Waals surface area contributed by atoms with Gasteiger partial charge in [0.1, 0.15) is 25.0 Å². The molecule has 0 bridgehead atoms. The monoisotopic (exact) mass is 762 g/mol. The Morgan fingerprint density at radius 3 is 2.38 bits per heavy atom. The van der Waals surface area contributed by atoms with Crippen LogP contribution in [-0.2, 0) is 35.8 Å². The Balaban J connectivity index is 1.26. The van der Waals surface area contributed by atoms with Crippen LogP contribution in [0.15, 0.2) is 77.2 Å². The molecule has 1 fully saturated rings. The Bertz CT molecular complexity index is 2240. The molecule has 1 aliphatic heterocycles. The number of carboxylic acids is 1. The first-order valence-electron chi connectivity index (χ1n) is 18.0. The minimum atomic E-state index is -1.34. The van der Waals surface area contributed by atoms with Gasteiger partial charge in [-0.15, -0.1) is 10.2 Å². The molecular formula is C41H42N6O9. The Morgan fingerprint density at radius 1 is 0.964 bits per heavy atom. The van der Waals surface area contributed by atoms with Crippen molar-refractivity contribution in [2.75, 3.05) is 26.3 Å². The fourth-order valence-corrected chi connectivity index (χ4v) is 6.52. The number of aliphatic carboxylic acids is 1. The molecule has 15 nitrogen and oxygen atoms in total.